The van der Waals surface area contributed by atoms with Gasteiger partial charge in [0.2, 0.25) is 23.6 Å². The van der Waals surface area contributed by atoms with E-state index in [4.69, 9.17) is 0 Å². The first-order valence-electron chi connectivity index (χ1n) is 16.2. The van der Waals surface area contributed by atoms with Gasteiger partial charge in [-0.3, -0.25) is 24.0 Å². The van der Waals surface area contributed by atoms with Crippen LogP contribution in [0.25, 0.3) is 0 Å². The van der Waals surface area contributed by atoms with Gasteiger partial charge in [-0.05, 0) is 55.3 Å². The fraction of sp³-hybridized carbons (Fsp3) is 0.853. The molecule has 4 amide bonds. The molecule has 0 aliphatic heterocycles. The molecule has 0 saturated carbocycles. The van der Waals surface area contributed by atoms with Crippen molar-refractivity contribution in [2.75, 3.05) is 13.1 Å². The Morgan fingerprint density at radius 3 is 1.65 bits per heavy atom. The van der Waals surface area contributed by atoms with Crippen molar-refractivity contribution in [3.63, 3.8) is 0 Å². The third kappa shape index (κ3) is 19.4. The van der Waals surface area contributed by atoms with E-state index in [0.29, 0.717) is 32.4 Å². The third-order valence-corrected chi connectivity index (χ3v) is 7.15. The molecule has 0 aromatic rings. The number of Topliss-reactive ketones (excluding diaryl/α,β-unsaturated/α-hetero) is 1. The van der Waals surface area contributed by atoms with Crippen LogP contribution in [0.15, 0.2) is 0 Å². The molecule has 0 rings (SSSR count). The fourth-order valence-corrected chi connectivity index (χ4v) is 5.08. The molecule has 9 heteroatoms. The van der Waals surface area contributed by atoms with Gasteiger partial charge in [0, 0.05) is 37.8 Å². The SMILES string of the molecule is CC(=O)NCCC[C@H](NC(=O)[C@@H](NC(=O)CCCCCNC(=O)C(CC(C)(C)C)CC(C)(C)C)C(C)C)C(=O)C(C)(C)C. The number of amides is 4. The number of rotatable bonds is 18. The van der Waals surface area contributed by atoms with Crippen molar-refractivity contribution < 1.29 is 24.0 Å². The molecule has 9 nitrogen and oxygen atoms in total. The lowest BCUT2D eigenvalue weighted by Gasteiger charge is -2.30. The van der Waals surface area contributed by atoms with E-state index in [1.54, 1.807) is 0 Å². The summed E-state index contributed by atoms with van der Waals surface area (Å²) < 4.78 is 0. The second-order valence-corrected chi connectivity index (χ2v) is 15.9. The van der Waals surface area contributed by atoms with E-state index >= 15 is 0 Å². The van der Waals surface area contributed by atoms with Gasteiger partial charge in [0.15, 0.2) is 5.78 Å². The van der Waals surface area contributed by atoms with Crippen LogP contribution >= 0.6 is 0 Å². The summed E-state index contributed by atoms with van der Waals surface area (Å²) in [7, 11) is 0. The zero-order valence-electron chi connectivity index (χ0n) is 29.4. The highest BCUT2D eigenvalue weighted by atomic mass is 16.2. The van der Waals surface area contributed by atoms with Crippen LogP contribution < -0.4 is 21.3 Å². The normalized spacial score (nSPS) is 13.8. The van der Waals surface area contributed by atoms with Gasteiger partial charge in [-0.15, -0.1) is 0 Å². The minimum absolute atomic E-state index is 0.0274. The van der Waals surface area contributed by atoms with Crippen LogP contribution in [-0.2, 0) is 24.0 Å². The number of ketones is 1. The molecule has 0 saturated heterocycles. The van der Waals surface area contributed by atoms with E-state index in [9.17, 15) is 24.0 Å². The molecule has 0 aromatic heterocycles. The monoisotopic (exact) mass is 608 g/mol. The van der Waals surface area contributed by atoms with Crippen LogP contribution in [0.1, 0.15) is 134 Å². The number of nitrogens with one attached hydrogen (secondary N) is 4. The van der Waals surface area contributed by atoms with E-state index in [1.807, 2.05) is 34.6 Å². The molecule has 4 N–H and O–H groups in total. The first-order chi connectivity index (χ1) is 19.5. The van der Waals surface area contributed by atoms with Gasteiger partial charge < -0.3 is 21.3 Å². The summed E-state index contributed by atoms with van der Waals surface area (Å²) in [6, 6.07) is -1.47. The average molecular weight is 609 g/mol. The molecular weight excluding hydrogens is 544 g/mol. The molecule has 0 unspecified atom stereocenters. The summed E-state index contributed by atoms with van der Waals surface area (Å²) in [6.45, 7) is 24.5. The molecule has 0 aliphatic rings. The zero-order chi connectivity index (χ0) is 33.6. The second-order valence-electron chi connectivity index (χ2n) is 15.9. The fourth-order valence-electron chi connectivity index (χ4n) is 5.08. The minimum atomic E-state index is -0.764. The summed E-state index contributed by atoms with van der Waals surface area (Å²) in [6.07, 6.45) is 5.10. The quantitative estimate of drug-likeness (QED) is 0.157. The Labute approximate surface area is 262 Å². The molecular formula is C34H64N4O5. The van der Waals surface area contributed by atoms with E-state index < -0.39 is 17.5 Å². The van der Waals surface area contributed by atoms with E-state index in [1.165, 1.54) is 6.92 Å². The molecule has 0 aliphatic carbocycles. The highest BCUT2D eigenvalue weighted by molar-refractivity contribution is 5.95. The highest BCUT2D eigenvalue weighted by Crippen LogP contribution is 2.33. The largest absolute Gasteiger partial charge is 0.356 e. The Kier molecular flexibility index (Phi) is 17.3. The van der Waals surface area contributed by atoms with Crippen molar-refractivity contribution in [3.05, 3.63) is 0 Å². The Morgan fingerprint density at radius 2 is 1.19 bits per heavy atom. The highest BCUT2D eigenvalue weighted by Gasteiger charge is 2.33. The summed E-state index contributed by atoms with van der Waals surface area (Å²) >= 11 is 0. The van der Waals surface area contributed by atoms with Crippen molar-refractivity contribution in [2.45, 2.75) is 147 Å². The summed E-state index contributed by atoms with van der Waals surface area (Å²) in [5.41, 5.74) is -0.508. The Balaban J connectivity index is 4.88. The smallest absolute Gasteiger partial charge is 0.243 e. The van der Waals surface area contributed by atoms with Gasteiger partial charge in [-0.2, -0.15) is 0 Å². The third-order valence-electron chi connectivity index (χ3n) is 7.15. The van der Waals surface area contributed by atoms with Crippen molar-refractivity contribution in [2.24, 2.45) is 28.1 Å². The topological polar surface area (TPSA) is 133 Å². The van der Waals surface area contributed by atoms with Crippen LogP contribution in [0, 0.1) is 28.1 Å². The predicted octanol–water partition coefficient (Wildman–Crippen LogP) is 5.31. The van der Waals surface area contributed by atoms with Crippen molar-refractivity contribution in [1.29, 1.82) is 0 Å². The number of hydrogen-bond donors (Lipinski definition) is 4. The van der Waals surface area contributed by atoms with Crippen LogP contribution in [0.4, 0.5) is 0 Å². The summed E-state index contributed by atoms with van der Waals surface area (Å²) in [5, 5.41) is 11.5. The molecule has 0 spiro atoms. The number of hydrogen-bond acceptors (Lipinski definition) is 5. The maximum absolute atomic E-state index is 13.2. The summed E-state index contributed by atoms with van der Waals surface area (Å²) in [5.74, 6) is -0.917. The second kappa shape index (κ2) is 18.4. The van der Waals surface area contributed by atoms with Crippen LogP contribution in [0.2, 0.25) is 0 Å². The van der Waals surface area contributed by atoms with Crippen molar-refractivity contribution >= 4 is 29.4 Å². The lowest BCUT2D eigenvalue weighted by atomic mass is 9.76. The molecule has 0 heterocycles. The number of carbonyl (C=O) groups excluding carboxylic acids is 5. The van der Waals surface area contributed by atoms with Gasteiger partial charge >= 0.3 is 0 Å². The first kappa shape index (κ1) is 40.5. The van der Waals surface area contributed by atoms with Crippen LogP contribution in [0.3, 0.4) is 0 Å². The molecule has 0 radical (unpaired) electrons. The number of carbonyl (C=O) groups is 5. The van der Waals surface area contributed by atoms with Crippen molar-refractivity contribution in [1.82, 2.24) is 21.3 Å². The zero-order valence-corrected chi connectivity index (χ0v) is 29.4. The lowest BCUT2D eigenvalue weighted by molar-refractivity contribution is -0.135. The maximum atomic E-state index is 13.2. The lowest BCUT2D eigenvalue weighted by Crippen LogP contribution is -2.55. The van der Waals surface area contributed by atoms with E-state index in [0.717, 1.165) is 25.7 Å². The van der Waals surface area contributed by atoms with Crippen LogP contribution in [-0.4, -0.2) is 54.6 Å². The molecule has 250 valence electrons. The molecule has 0 aromatic carbocycles. The average Bonchev–Trinajstić information content (AvgIpc) is 2.82. The number of unbranched alkanes of at least 4 members (excludes halogenated alkanes) is 2. The van der Waals surface area contributed by atoms with E-state index in [-0.39, 0.29) is 58.5 Å². The van der Waals surface area contributed by atoms with Crippen molar-refractivity contribution in [3.8, 4) is 0 Å². The van der Waals surface area contributed by atoms with Gasteiger partial charge in [0.25, 0.3) is 0 Å². The van der Waals surface area contributed by atoms with E-state index in [2.05, 4.69) is 62.8 Å². The molecule has 2 atom stereocenters. The standard InChI is InChI=1S/C34H64N4O5/c1-23(2)28(31(43)37-26(29(41)34(10,11)12)17-16-20-35-24(3)39)38-27(40)18-14-13-15-19-36-30(42)25(21-32(4,5)6)22-33(7,8)9/h23,25-26,28H,13-22H2,1-12H3,(H,35,39)(H,36,42)(H,37,43)(H,38,40)/t26-,28-/m0/s1. The Bertz CT molecular complexity index is 893. The first-order valence-corrected chi connectivity index (χ1v) is 16.2. The molecule has 0 bridgehead atoms. The Morgan fingerprint density at radius 1 is 0.651 bits per heavy atom. The Hall–Kier alpha value is -2.45. The van der Waals surface area contributed by atoms with Gasteiger partial charge in [-0.1, -0.05) is 82.6 Å². The molecule has 43 heavy (non-hydrogen) atoms. The predicted molar refractivity (Wildman–Crippen MR) is 174 cm³/mol. The van der Waals surface area contributed by atoms with Gasteiger partial charge in [-0.25, -0.2) is 0 Å². The van der Waals surface area contributed by atoms with Gasteiger partial charge in [0.1, 0.15) is 6.04 Å². The minimum Gasteiger partial charge on any atom is -0.356 e. The van der Waals surface area contributed by atoms with Gasteiger partial charge in [0.05, 0.1) is 6.04 Å². The maximum Gasteiger partial charge on any atom is 0.243 e. The molecule has 0 fully saturated rings. The van der Waals surface area contributed by atoms with Crippen LogP contribution in [0.5, 0.6) is 0 Å². The summed E-state index contributed by atoms with van der Waals surface area (Å²) in [4.78, 5) is 63.1.